The van der Waals surface area contributed by atoms with Crippen LogP contribution in [-0.2, 0) is 5.60 Å². The molecule has 2 heterocycles. The smallest absolute Gasteiger partial charge is 0.192 e. The SMILES string of the molecule is CC(C)n1c(-c2ccc3[nH]nnc3c2)nnc1C(C)(C)Oc1c(F)cccc1F. The van der Waals surface area contributed by atoms with Crippen molar-refractivity contribution < 1.29 is 13.5 Å². The van der Waals surface area contributed by atoms with Crippen LogP contribution < -0.4 is 4.74 Å². The van der Waals surface area contributed by atoms with Crippen molar-refractivity contribution in [1.82, 2.24) is 30.2 Å². The van der Waals surface area contributed by atoms with E-state index >= 15 is 0 Å². The number of aromatic amines is 1. The van der Waals surface area contributed by atoms with E-state index in [9.17, 15) is 8.78 Å². The number of hydrogen-bond acceptors (Lipinski definition) is 5. The molecule has 0 aliphatic heterocycles. The Hall–Kier alpha value is -3.36. The first-order valence-electron chi connectivity index (χ1n) is 9.17. The van der Waals surface area contributed by atoms with Crippen LogP contribution in [0.3, 0.4) is 0 Å². The molecule has 0 amide bonds. The fourth-order valence-corrected chi connectivity index (χ4v) is 3.25. The van der Waals surface area contributed by atoms with E-state index in [1.165, 1.54) is 6.07 Å². The quantitative estimate of drug-likeness (QED) is 0.539. The number of ether oxygens (including phenoxy) is 1. The van der Waals surface area contributed by atoms with Gasteiger partial charge in [0.15, 0.2) is 34.6 Å². The van der Waals surface area contributed by atoms with Crippen molar-refractivity contribution in [2.45, 2.75) is 39.3 Å². The zero-order valence-electron chi connectivity index (χ0n) is 16.4. The Labute approximate surface area is 165 Å². The number of rotatable bonds is 5. The second kappa shape index (κ2) is 6.91. The molecule has 0 aliphatic rings. The highest BCUT2D eigenvalue weighted by Gasteiger charge is 2.34. The fraction of sp³-hybridized carbons (Fsp3) is 0.300. The standard InChI is InChI=1S/C20H20F2N6O/c1-11(2)28-18(12-8-9-15-16(10-12)24-27-23-15)25-26-19(28)20(3,4)29-17-13(21)6-5-7-14(17)22/h5-11H,1-4H3,(H,23,24,27). The molecule has 4 aromatic rings. The first-order chi connectivity index (χ1) is 13.8. The lowest BCUT2D eigenvalue weighted by atomic mass is 10.1. The predicted octanol–water partition coefficient (Wildman–Crippen LogP) is 4.39. The first-order valence-corrected chi connectivity index (χ1v) is 9.17. The molecule has 2 aromatic carbocycles. The molecule has 0 bridgehead atoms. The van der Waals surface area contributed by atoms with E-state index in [1.54, 1.807) is 13.8 Å². The molecule has 0 atom stereocenters. The van der Waals surface area contributed by atoms with Crippen molar-refractivity contribution in [3.63, 3.8) is 0 Å². The normalized spacial score (nSPS) is 12.1. The highest BCUT2D eigenvalue weighted by Crippen LogP contribution is 2.34. The van der Waals surface area contributed by atoms with Crippen LogP contribution in [0, 0.1) is 11.6 Å². The summed E-state index contributed by atoms with van der Waals surface area (Å²) in [7, 11) is 0. The number of halogens is 2. The second-order valence-corrected chi connectivity index (χ2v) is 7.52. The zero-order valence-corrected chi connectivity index (χ0v) is 16.4. The molecule has 0 saturated carbocycles. The molecule has 0 saturated heterocycles. The Bertz CT molecular complexity index is 1160. The largest absolute Gasteiger partial charge is 0.474 e. The van der Waals surface area contributed by atoms with Crippen LogP contribution in [0.4, 0.5) is 8.78 Å². The number of H-pyrrole nitrogens is 1. The zero-order chi connectivity index (χ0) is 20.8. The van der Waals surface area contributed by atoms with Gasteiger partial charge in [-0.2, -0.15) is 0 Å². The van der Waals surface area contributed by atoms with Crippen molar-refractivity contribution in [3.8, 4) is 17.1 Å². The maximum atomic E-state index is 14.1. The van der Waals surface area contributed by atoms with Crippen LogP contribution in [0.2, 0.25) is 0 Å². The summed E-state index contributed by atoms with van der Waals surface area (Å²) in [5, 5.41) is 19.3. The van der Waals surface area contributed by atoms with E-state index in [0.29, 0.717) is 17.2 Å². The lowest BCUT2D eigenvalue weighted by molar-refractivity contribution is 0.0814. The third-order valence-corrected chi connectivity index (χ3v) is 4.61. The molecular formula is C20H20F2N6O. The first kappa shape index (κ1) is 19.0. The van der Waals surface area contributed by atoms with Crippen molar-refractivity contribution >= 4 is 11.0 Å². The lowest BCUT2D eigenvalue weighted by Gasteiger charge is -2.28. The Kier molecular flexibility index (Phi) is 4.52. The monoisotopic (exact) mass is 398 g/mol. The van der Waals surface area contributed by atoms with Gasteiger partial charge in [-0.1, -0.05) is 11.3 Å². The number of nitrogens with one attached hydrogen (secondary N) is 1. The molecule has 0 fully saturated rings. The van der Waals surface area contributed by atoms with Crippen LogP contribution in [0.15, 0.2) is 36.4 Å². The molecule has 9 heteroatoms. The van der Waals surface area contributed by atoms with Crippen LogP contribution >= 0.6 is 0 Å². The molecule has 0 radical (unpaired) electrons. The maximum absolute atomic E-state index is 14.1. The summed E-state index contributed by atoms with van der Waals surface area (Å²) >= 11 is 0. The van der Waals surface area contributed by atoms with Crippen molar-refractivity contribution in [2.24, 2.45) is 0 Å². The van der Waals surface area contributed by atoms with Gasteiger partial charge in [0, 0.05) is 11.6 Å². The van der Waals surface area contributed by atoms with Crippen LogP contribution in [0.5, 0.6) is 5.75 Å². The van der Waals surface area contributed by atoms with E-state index in [2.05, 4.69) is 25.6 Å². The number of aromatic nitrogens is 6. The van der Waals surface area contributed by atoms with Gasteiger partial charge in [-0.15, -0.1) is 15.3 Å². The molecule has 1 N–H and O–H groups in total. The predicted molar refractivity (Wildman–Crippen MR) is 103 cm³/mol. The number of para-hydroxylation sites is 1. The summed E-state index contributed by atoms with van der Waals surface area (Å²) in [5.41, 5.74) is 1.16. The van der Waals surface area contributed by atoms with Gasteiger partial charge in [-0.3, -0.25) is 5.10 Å². The number of nitrogens with zero attached hydrogens (tertiary/aromatic N) is 5. The number of benzene rings is 2. The van der Waals surface area contributed by atoms with E-state index < -0.39 is 23.0 Å². The molecule has 0 spiro atoms. The summed E-state index contributed by atoms with van der Waals surface area (Å²) in [6.07, 6.45) is 0. The van der Waals surface area contributed by atoms with Gasteiger partial charge in [0.1, 0.15) is 5.52 Å². The molecule has 2 aromatic heterocycles. The van der Waals surface area contributed by atoms with Gasteiger partial charge in [0.2, 0.25) is 0 Å². The van der Waals surface area contributed by atoms with Crippen LogP contribution in [-0.4, -0.2) is 30.2 Å². The van der Waals surface area contributed by atoms with E-state index in [0.717, 1.165) is 23.2 Å². The molecule has 150 valence electrons. The Morgan fingerprint density at radius 3 is 2.45 bits per heavy atom. The summed E-state index contributed by atoms with van der Waals surface area (Å²) in [6, 6.07) is 9.17. The molecule has 0 aliphatic carbocycles. The van der Waals surface area contributed by atoms with Crippen molar-refractivity contribution in [3.05, 3.63) is 53.9 Å². The second-order valence-electron chi connectivity index (χ2n) is 7.52. The van der Waals surface area contributed by atoms with E-state index in [-0.39, 0.29) is 6.04 Å². The highest BCUT2D eigenvalue weighted by molar-refractivity contribution is 5.79. The minimum absolute atomic E-state index is 0.0312. The fourth-order valence-electron chi connectivity index (χ4n) is 3.25. The third kappa shape index (κ3) is 3.32. The van der Waals surface area contributed by atoms with Gasteiger partial charge < -0.3 is 9.30 Å². The van der Waals surface area contributed by atoms with Crippen molar-refractivity contribution in [2.75, 3.05) is 0 Å². The van der Waals surface area contributed by atoms with Gasteiger partial charge in [-0.05, 0) is 58.0 Å². The summed E-state index contributed by atoms with van der Waals surface area (Å²) in [5.74, 6) is -0.937. The van der Waals surface area contributed by atoms with Crippen LogP contribution in [0.1, 0.15) is 39.6 Å². The van der Waals surface area contributed by atoms with Gasteiger partial charge in [0.05, 0.1) is 5.52 Å². The third-order valence-electron chi connectivity index (χ3n) is 4.61. The highest BCUT2D eigenvalue weighted by atomic mass is 19.1. The Balaban J connectivity index is 1.79. The molecule has 0 unspecified atom stereocenters. The lowest BCUT2D eigenvalue weighted by Crippen LogP contribution is -2.31. The molecule has 4 rings (SSSR count). The number of fused-ring (bicyclic) bond motifs is 1. The number of hydrogen-bond donors (Lipinski definition) is 1. The minimum atomic E-state index is -1.14. The van der Waals surface area contributed by atoms with E-state index in [1.807, 2.05) is 36.6 Å². The van der Waals surface area contributed by atoms with Gasteiger partial charge in [0.25, 0.3) is 0 Å². The summed E-state index contributed by atoms with van der Waals surface area (Å²) in [6.45, 7) is 7.36. The van der Waals surface area contributed by atoms with Gasteiger partial charge >= 0.3 is 0 Å². The Morgan fingerprint density at radius 2 is 1.76 bits per heavy atom. The molecule has 29 heavy (non-hydrogen) atoms. The summed E-state index contributed by atoms with van der Waals surface area (Å²) in [4.78, 5) is 0. The van der Waals surface area contributed by atoms with Gasteiger partial charge in [-0.25, -0.2) is 8.78 Å². The molecular weight excluding hydrogens is 378 g/mol. The topological polar surface area (TPSA) is 81.5 Å². The maximum Gasteiger partial charge on any atom is 0.192 e. The average Bonchev–Trinajstić information content (AvgIpc) is 3.31. The van der Waals surface area contributed by atoms with Crippen molar-refractivity contribution in [1.29, 1.82) is 0 Å². The Morgan fingerprint density at radius 1 is 1.03 bits per heavy atom. The molecule has 7 nitrogen and oxygen atoms in total. The average molecular weight is 398 g/mol. The summed E-state index contributed by atoms with van der Waals surface area (Å²) < 4.78 is 35.9. The van der Waals surface area contributed by atoms with Crippen LogP contribution in [0.25, 0.3) is 22.4 Å². The van der Waals surface area contributed by atoms with E-state index in [4.69, 9.17) is 4.74 Å². The minimum Gasteiger partial charge on any atom is -0.474 e.